The summed E-state index contributed by atoms with van der Waals surface area (Å²) in [5.74, 6) is 0.927. The first-order valence-electron chi connectivity index (χ1n) is 9.79. The largest absolute Gasteiger partial charge is 0.355 e. The molecule has 1 aromatic carbocycles. The highest BCUT2D eigenvalue weighted by Gasteiger charge is 2.42. The van der Waals surface area contributed by atoms with Crippen LogP contribution in [0.15, 0.2) is 47.7 Å². The van der Waals surface area contributed by atoms with Gasteiger partial charge < -0.3 is 15.5 Å². The van der Waals surface area contributed by atoms with E-state index in [1.807, 2.05) is 43.2 Å². The molecule has 0 atom stereocenters. The van der Waals surface area contributed by atoms with Crippen LogP contribution in [0.3, 0.4) is 0 Å². The molecule has 1 amide bonds. The number of benzene rings is 1. The second kappa shape index (κ2) is 8.91. The third kappa shape index (κ3) is 4.52. The summed E-state index contributed by atoms with van der Waals surface area (Å²) in [4.78, 5) is 18.7. The van der Waals surface area contributed by atoms with Gasteiger partial charge in [-0.05, 0) is 36.6 Å². The monoisotopic (exact) mass is 382 g/mol. The summed E-state index contributed by atoms with van der Waals surface area (Å²) >= 11 is 0. The fraction of sp³-hybridized carbons (Fsp3) is 0.476. The smallest absolute Gasteiger partial charge is 0.230 e. The number of hydrogen-bond donors (Lipinski definition) is 2. The maximum atomic E-state index is 12.7. The van der Waals surface area contributed by atoms with Crippen molar-refractivity contribution in [3.05, 3.63) is 48.3 Å². The zero-order valence-corrected chi connectivity index (χ0v) is 17.0. The maximum Gasteiger partial charge on any atom is 0.230 e. The molecule has 2 N–H and O–H groups in total. The van der Waals surface area contributed by atoms with Gasteiger partial charge in [0.05, 0.1) is 11.1 Å². The van der Waals surface area contributed by atoms with E-state index in [-0.39, 0.29) is 11.3 Å². The minimum atomic E-state index is -0.313. The van der Waals surface area contributed by atoms with Crippen molar-refractivity contribution in [1.82, 2.24) is 25.3 Å². The number of carbonyl (C=O) groups is 1. The van der Waals surface area contributed by atoms with Gasteiger partial charge in [0.25, 0.3) is 0 Å². The molecule has 1 fully saturated rings. The third-order valence-corrected chi connectivity index (χ3v) is 5.40. The Labute approximate surface area is 166 Å². The van der Waals surface area contributed by atoms with Crippen LogP contribution < -0.4 is 10.6 Å². The summed E-state index contributed by atoms with van der Waals surface area (Å²) in [6.07, 6.45) is 7.77. The van der Waals surface area contributed by atoms with E-state index < -0.39 is 0 Å². The van der Waals surface area contributed by atoms with Crippen molar-refractivity contribution in [1.29, 1.82) is 0 Å². The summed E-state index contributed by atoms with van der Waals surface area (Å²) in [5.41, 5.74) is 1.87. The Hall–Kier alpha value is -2.83. The minimum absolute atomic E-state index is 0.210. The zero-order chi connectivity index (χ0) is 20.0. The first kappa shape index (κ1) is 19.9. The molecule has 0 unspecified atom stereocenters. The van der Waals surface area contributed by atoms with Crippen LogP contribution in [0, 0.1) is 5.41 Å². The molecule has 0 radical (unpaired) electrons. The molecular weight excluding hydrogens is 352 g/mol. The first-order chi connectivity index (χ1) is 13.5. The number of guanidine groups is 1. The molecule has 1 saturated carbocycles. The van der Waals surface area contributed by atoms with Gasteiger partial charge >= 0.3 is 0 Å². The van der Waals surface area contributed by atoms with Crippen LogP contribution in [0.1, 0.15) is 31.2 Å². The quantitative estimate of drug-likeness (QED) is 0.593. The van der Waals surface area contributed by atoms with Crippen molar-refractivity contribution in [2.45, 2.75) is 32.2 Å². The predicted octanol–water partition coefficient (Wildman–Crippen LogP) is 2.19. The molecule has 2 aromatic rings. The molecule has 150 valence electrons. The van der Waals surface area contributed by atoms with Crippen molar-refractivity contribution in [2.24, 2.45) is 10.4 Å². The molecule has 28 heavy (non-hydrogen) atoms. The first-order valence-corrected chi connectivity index (χ1v) is 9.79. The molecule has 7 nitrogen and oxygen atoms in total. The third-order valence-electron chi connectivity index (χ3n) is 5.40. The Bertz CT molecular complexity index is 789. The van der Waals surface area contributed by atoms with Crippen LogP contribution in [-0.4, -0.2) is 54.2 Å². The number of aromatic nitrogens is 2. The highest BCUT2D eigenvalue weighted by atomic mass is 16.2. The van der Waals surface area contributed by atoms with E-state index in [9.17, 15) is 4.79 Å². The molecule has 1 aromatic heterocycles. The molecular formula is C21H30N6O. The Kier molecular flexibility index (Phi) is 6.34. The van der Waals surface area contributed by atoms with Gasteiger partial charge in [-0.3, -0.25) is 9.79 Å². The molecule has 7 heteroatoms. The van der Waals surface area contributed by atoms with Gasteiger partial charge in [-0.1, -0.05) is 25.0 Å². The molecule has 0 aliphatic heterocycles. The summed E-state index contributed by atoms with van der Waals surface area (Å²) < 4.78 is 1.83. The number of nitrogens with zero attached hydrogens (tertiary/aromatic N) is 4. The van der Waals surface area contributed by atoms with Crippen molar-refractivity contribution in [3.63, 3.8) is 0 Å². The Morgan fingerprint density at radius 2 is 1.93 bits per heavy atom. The van der Waals surface area contributed by atoms with Gasteiger partial charge in [-0.25, -0.2) is 4.68 Å². The second-order valence-electron chi connectivity index (χ2n) is 7.58. The topological polar surface area (TPSA) is 74.5 Å². The number of hydrogen-bond acceptors (Lipinski definition) is 3. The van der Waals surface area contributed by atoms with Gasteiger partial charge in [-0.15, -0.1) is 0 Å². The molecule has 0 bridgehead atoms. The van der Waals surface area contributed by atoms with Crippen molar-refractivity contribution in [2.75, 3.05) is 27.7 Å². The van der Waals surface area contributed by atoms with Crippen molar-refractivity contribution in [3.8, 4) is 5.69 Å². The lowest BCUT2D eigenvalue weighted by Gasteiger charge is -2.31. The van der Waals surface area contributed by atoms with Crippen LogP contribution in [0.2, 0.25) is 0 Å². The van der Waals surface area contributed by atoms with Crippen molar-refractivity contribution < 1.29 is 4.79 Å². The van der Waals surface area contributed by atoms with E-state index in [1.54, 1.807) is 18.1 Å². The number of rotatable bonds is 6. The molecule has 1 aliphatic carbocycles. The fourth-order valence-electron chi connectivity index (χ4n) is 3.84. The van der Waals surface area contributed by atoms with E-state index >= 15 is 0 Å². The van der Waals surface area contributed by atoms with Gasteiger partial charge in [0.15, 0.2) is 5.96 Å². The maximum absolute atomic E-state index is 12.7. The number of carbonyl (C=O) groups excluding carboxylic acids is 1. The SMILES string of the molecule is CN=C(NCc1ccc(-n2cccn2)cc1)NCC1(C(=O)N(C)C)CCCC1. The van der Waals surface area contributed by atoms with Gasteiger partial charge in [-0.2, -0.15) is 5.10 Å². The Morgan fingerprint density at radius 3 is 2.50 bits per heavy atom. The Morgan fingerprint density at radius 1 is 1.21 bits per heavy atom. The zero-order valence-electron chi connectivity index (χ0n) is 17.0. The van der Waals surface area contributed by atoms with Crippen LogP contribution in [-0.2, 0) is 11.3 Å². The van der Waals surface area contributed by atoms with Crippen LogP contribution in [0.25, 0.3) is 5.69 Å². The predicted molar refractivity (Wildman–Crippen MR) is 111 cm³/mol. The number of aliphatic imine (C=N–C) groups is 1. The second-order valence-corrected chi connectivity index (χ2v) is 7.58. The lowest BCUT2D eigenvalue weighted by atomic mass is 9.84. The van der Waals surface area contributed by atoms with E-state index in [0.29, 0.717) is 19.0 Å². The summed E-state index contributed by atoms with van der Waals surface area (Å²) in [6.45, 7) is 1.27. The molecule has 0 saturated heterocycles. The fourth-order valence-corrected chi connectivity index (χ4v) is 3.84. The average Bonchev–Trinajstić information content (AvgIpc) is 3.41. The molecule has 0 spiro atoms. The van der Waals surface area contributed by atoms with E-state index in [0.717, 1.165) is 36.9 Å². The van der Waals surface area contributed by atoms with Crippen LogP contribution in [0.5, 0.6) is 0 Å². The normalized spacial score (nSPS) is 16.0. The lowest BCUT2D eigenvalue weighted by molar-refractivity contribution is -0.138. The standard InChI is InChI=1S/C21H30N6O/c1-22-20(24-16-21(11-4-5-12-21)19(28)26(2)3)23-15-17-7-9-18(10-8-17)27-14-6-13-25-27/h6-10,13-14H,4-5,11-12,15-16H2,1-3H3,(H2,22,23,24). The van der Waals surface area contributed by atoms with Crippen LogP contribution in [0.4, 0.5) is 0 Å². The lowest BCUT2D eigenvalue weighted by Crippen LogP contribution is -2.49. The van der Waals surface area contributed by atoms with Crippen LogP contribution >= 0.6 is 0 Å². The summed E-state index contributed by atoms with van der Waals surface area (Å²) in [6, 6.07) is 10.1. The highest BCUT2D eigenvalue weighted by Crippen LogP contribution is 2.38. The van der Waals surface area contributed by atoms with E-state index in [2.05, 4.69) is 32.9 Å². The van der Waals surface area contributed by atoms with Gasteiger partial charge in [0, 0.05) is 46.6 Å². The van der Waals surface area contributed by atoms with E-state index in [4.69, 9.17) is 0 Å². The number of amides is 1. The average molecular weight is 383 g/mol. The summed E-state index contributed by atoms with van der Waals surface area (Å²) in [7, 11) is 5.43. The highest BCUT2D eigenvalue weighted by molar-refractivity contribution is 5.85. The van der Waals surface area contributed by atoms with E-state index in [1.165, 1.54) is 0 Å². The number of nitrogens with one attached hydrogen (secondary N) is 2. The molecule has 1 heterocycles. The van der Waals surface area contributed by atoms with Gasteiger partial charge in [0.1, 0.15) is 0 Å². The molecule has 1 aliphatic rings. The molecule has 3 rings (SSSR count). The minimum Gasteiger partial charge on any atom is -0.355 e. The van der Waals surface area contributed by atoms with Crippen molar-refractivity contribution >= 4 is 11.9 Å². The summed E-state index contributed by atoms with van der Waals surface area (Å²) in [5, 5.41) is 10.9. The van der Waals surface area contributed by atoms with Gasteiger partial charge in [0.2, 0.25) is 5.91 Å². The Balaban J connectivity index is 1.55.